The van der Waals surface area contributed by atoms with Gasteiger partial charge in [-0.1, -0.05) is 27.2 Å². The minimum atomic E-state index is 0.587. The van der Waals surface area contributed by atoms with Gasteiger partial charge in [0.25, 0.3) is 0 Å². The average Bonchev–Trinajstić information content (AvgIpc) is 2.86. The second-order valence-corrected chi connectivity index (χ2v) is 6.67. The third-order valence-corrected chi connectivity index (χ3v) is 4.27. The molecule has 0 spiro atoms. The Labute approximate surface area is 123 Å². The van der Waals surface area contributed by atoms with Crippen molar-refractivity contribution in [3.8, 4) is 0 Å². The van der Waals surface area contributed by atoms with Gasteiger partial charge >= 0.3 is 0 Å². The molecule has 1 aliphatic carbocycles. The molecule has 1 heterocycles. The third kappa shape index (κ3) is 4.27. The summed E-state index contributed by atoms with van der Waals surface area (Å²) in [7, 11) is 0. The summed E-state index contributed by atoms with van der Waals surface area (Å²) in [6, 6.07) is 2.11. The van der Waals surface area contributed by atoms with Crippen molar-refractivity contribution in [1.82, 2.24) is 15.3 Å². The molecular formula is C17H29N3. The molecule has 1 fully saturated rings. The Kier molecular flexibility index (Phi) is 5.53. The number of hydrogen-bond donors (Lipinski definition) is 1. The molecule has 0 aliphatic heterocycles. The highest BCUT2D eigenvalue weighted by Gasteiger charge is 2.26. The molecule has 2 unspecified atom stereocenters. The molecule has 1 aromatic heterocycles. The average molecular weight is 275 g/mol. The van der Waals surface area contributed by atoms with Crippen molar-refractivity contribution in [2.75, 3.05) is 6.54 Å². The molecule has 2 rings (SSSR count). The Bertz CT molecular complexity index is 428. The minimum absolute atomic E-state index is 0.587. The second-order valence-electron chi connectivity index (χ2n) is 6.67. The largest absolute Gasteiger partial charge is 0.311 e. The van der Waals surface area contributed by atoms with E-state index in [1.165, 1.54) is 25.7 Å². The zero-order valence-electron chi connectivity index (χ0n) is 13.4. The van der Waals surface area contributed by atoms with Crippen molar-refractivity contribution < 1.29 is 0 Å². The van der Waals surface area contributed by atoms with Gasteiger partial charge < -0.3 is 5.32 Å². The van der Waals surface area contributed by atoms with Gasteiger partial charge in [0, 0.05) is 18.2 Å². The van der Waals surface area contributed by atoms with Crippen LogP contribution in [0, 0.1) is 18.8 Å². The van der Waals surface area contributed by atoms with Crippen LogP contribution in [-0.2, 0) is 6.54 Å². The van der Waals surface area contributed by atoms with E-state index >= 15 is 0 Å². The maximum Gasteiger partial charge on any atom is 0.131 e. The van der Waals surface area contributed by atoms with Crippen LogP contribution in [-0.4, -0.2) is 16.5 Å². The van der Waals surface area contributed by atoms with Gasteiger partial charge in [-0.15, -0.1) is 0 Å². The van der Waals surface area contributed by atoms with Crippen LogP contribution in [0.4, 0.5) is 0 Å². The molecule has 1 aliphatic rings. The summed E-state index contributed by atoms with van der Waals surface area (Å²) in [5.41, 5.74) is 2.25. The first-order valence-corrected chi connectivity index (χ1v) is 8.13. The Morgan fingerprint density at radius 3 is 2.75 bits per heavy atom. The van der Waals surface area contributed by atoms with Crippen LogP contribution in [0.25, 0.3) is 0 Å². The normalized spacial score (nSPS) is 22.6. The quantitative estimate of drug-likeness (QED) is 0.857. The van der Waals surface area contributed by atoms with Gasteiger partial charge in [-0.05, 0) is 50.6 Å². The summed E-state index contributed by atoms with van der Waals surface area (Å²) in [4.78, 5) is 9.50. The lowest BCUT2D eigenvalue weighted by molar-refractivity contribution is 0.514. The maximum atomic E-state index is 4.81. The predicted octanol–water partition coefficient (Wildman–Crippen LogP) is 3.82. The second kappa shape index (κ2) is 7.16. The van der Waals surface area contributed by atoms with Gasteiger partial charge in [-0.3, -0.25) is 0 Å². The van der Waals surface area contributed by atoms with Crippen molar-refractivity contribution in [3.05, 3.63) is 23.3 Å². The Morgan fingerprint density at radius 1 is 1.30 bits per heavy atom. The topological polar surface area (TPSA) is 37.8 Å². The monoisotopic (exact) mass is 275 g/mol. The zero-order chi connectivity index (χ0) is 14.5. The molecule has 2 atom stereocenters. The standard InChI is InChI=1S/C17H29N3/c1-5-14-6-7-15(9-14)17-19-13(4)8-16(20-17)11-18-10-12(2)3/h8,12,14-15,18H,5-7,9-11H2,1-4H3. The third-order valence-electron chi connectivity index (χ3n) is 4.27. The minimum Gasteiger partial charge on any atom is -0.311 e. The predicted molar refractivity (Wildman–Crippen MR) is 83.7 cm³/mol. The van der Waals surface area contributed by atoms with Crippen LogP contribution in [0.3, 0.4) is 0 Å². The van der Waals surface area contributed by atoms with Gasteiger partial charge in [0.05, 0.1) is 5.69 Å². The van der Waals surface area contributed by atoms with E-state index in [1.807, 2.05) is 0 Å². The Balaban J connectivity index is 2.01. The van der Waals surface area contributed by atoms with E-state index in [0.717, 1.165) is 36.2 Å². The van der Waals surface area contributed by atoms with Crippen LogP contribution in [0.2, 0.25) is 0 Å². The molecule has 1 N–H and O–H groups in total. The summed E-state index contributed by atoms with van der Waals surface area (Å²) in [5.74, 6) is 3.23. The van der Waals surface area contributed by atoms with Gasteiger partial charge in [-0.25, -0.2) is 9.97 Å². The number of rotatable bonds is 6. The highest BCUT2D eigenvalue weighted by atomic mass is 14.9. The van der Waals surface area contributed by atoms with Crippen molar-refractivity contribution in [1.29, 1.82) is 0 Å². The molecule has 0 radical (unpaired) electrons. The summed E-state index contributed by atoms with van der Waals surface area (Å²) in [6.07, 6.45) is 5.18. The van der Waals surface area contributed by atoms with E-state index in [0.29, 0.717) is 11.8 Å². The van der Waals surface area contributed by atoms with Gasteiger partial charge in [-0.2, -0.15) is 0 Å². The first kappa shape index (κ1) is 15.4. The lowest BCUT2D eigenvalue weighted by Crippen LogP contribution is -2.20. The van der Waals surface area contributed by atoms with Crippen LogP contribution in [0.15, 0.2) is 6.07 Å². The van der Waals surface area contributed by atoms with Crippen molar-refractivity contribution >= 4 is 0 Å². The molecule has 20 heavy (non-hydrogen) atoms. The van der Waals surface area contributed by atoms with E-state index in [9.17, 15) is 0 Å². The fourth-order valence-corrected chi connectivity index (χ4v) is 3.10. The first-order valence-electron chi connectivity index (χ1n) is 8.13. The lowest BCUT2D eigenvalue weighted by atomic mass is 10.0. The zero-order valence-corrected chi connectivity index (χ0v) is 13.4. The van der Waals surface area contributed by atoms with E-state index in [4.69, 9.17) is 4.98 Å². The van der Waals surface area contributed by atoms with E-state index in [2.05, 4.69) is 44.1 Å². The molecule has 112 valence electrons. The highest BCUT2D eigenvalue weighted by molar-refractivity contribution is 5.13. The maximum absolute atomic E-state index is 4.81. The molecule has 0 aromatic carbocycles. The van der Waals surface area contributed by atoms with Crippen LogP contribution in [0.5, 0.6) is 0 Å². The molecule has 1 saturated carbocycles. The van der Waals surface area contributed by atoms with Gasteiger partial charge in [0.1, 0.15) is 5.82 Å². The Morgan fingerprint density at radius 2 is 2.10 bits per heavy atom. The number of hydrogen-bond acceptors (Lipinski definition) is 3. The molecule has 3 nitrogen and oxygen atoms in total. The summed E-state index contributed by atoms with van der Waals surface area (Å²) in [6.45, 7) is 10.7. The van der Waals surface area contributed by atoms with Gasteiger partial charge in [0.15, 0.2) is 0 Å². The first-order chi connectivity index (χ1) is 9.58. The molecular weight excluding hydrogens is 246 g/mol. The summed E-state index contributed by atoms with van der Waals surface area (Å²) >= 11 is 0. The van der Waals surface area contributed by atoms with Crippen molar-refractivity contribution in [2.45, 2.75) is 65.8 Å². The van der Waals surface area contributed by atoms with Crippen molar-refractivity contribution in [3.63, 3.8) is 0 Å². The smallest absolute Gasteiger partial charge is 0.131 e. The molecule has 0 bridgehead atoms. The lowest BCUT2D eigenvalue weighted by Gasteiger charge is -2.13. The van der Waals surface area contributed by atoms with Crippen LogP contribution >= 0.6 is 0 Å². The van der Waals surface area contributed by atoms with Crippen molar-refractivity contribution in [2.24, 2.45) is 11.8 Å². The highest BCUT2D eigenvalue weighted by Crippen LogP contribution is 2.38. The molecule has 0 amide bonds. The van der Waals surface area contributed by atoms with Gasteiger partial charge in [0.2, 0.25) is 0 Å². The number of aromatic nitrogens is 2. The number of aryl methyl sites for hydroxylation is 1. The number of nitrogens with one attached hydrogen (secondary N) is 1. The molecule has 3 heteroatoms. The fourth-order valence-electron chi connectivity index (χ4n) is 3.10. The molecule has 0 saturated heterocycles. The van der Waals surface area contributed by atoms with E-state index in [1.54, 1.807) is 0 Å². The van der Waals surface area contributed by atoms with E-state index < -0.39 is 0 Å². The summed E-state index contributed by atoms with van der Waals surface area (Å²) in [5, 5.41) is 3.48. The summed E-state index contributed by atoms with van der Waals surface area (Å²) < 4.78 is 0. The van der Waals surface area contributed by atoms with Crippen LogP contribution < -0.4 is 5.32 Å². The Hall–Kier alpha value is -0.960. The fraction of sp³-hybridized carbons (Fsp3) is 0.765. The van der Waals surface area contributed by atoms with E-state index in [-0.39, 0.29) is 0 Å². The SMILES string of the molecule is CCC1CCC(c2nc(C)cc(CNCC(C)C)n2)C1. The van der Waals surface area contributed by atoms with Crippen LogP contribution in [0.1, 0.15) is 69.6 Å². The number of nitrogens with zero attached hydrogens (tertiary/aromatic N) is 2. The molecule has 1 aromatic rings.